The fraction of sp³-hybridized carbons (Fsp3) is 0.545. The fourth-order valence-electron chi connectivity index (χ4n) is 1.15. The lowest BCUT2D eigenvalue weighted by Gasteiger charge is -2.11. The van der Waals surface area contributed by atoms with Gasteiger partial charge in [-0.1, -0.05) is 6.92 Å². The van der Waals surface area contributed by atoms with Gasteiger partial charge < -0.3 is 10.6 Å². The molecular formula is C11H18N4O. The van der Waals surface area contributed by atoms with Crippen LogP contribution in [-0.4, -0.2) is 28.7 Å². The van der Waals surface area contributed by atoms with Crippen molar-refractivity contribution >= 4 is 11.7 Å². The number of nitrogens with zero attached hydrogens (tertiary/aromatic N) is 2. The van der Waals surface area contributed by atoms with Crippen LogP contribution in [0.4, 0.5) is 5.82 Å². The number of hydrogen-bond donors (Lipinski definition) is 2. The standard InChI is InChI=1S/C11H18N4O/c1-3-9(2)14-11(16)6-8-12-10-5-4-7-13-15-10/h4-5,7,9H,3,6,8H2,1-2H3,(H,12,15)(H,14,16). The zero-order valence-electron chi connectivity index (χ0n) is 9.73. The molecule has 0 saturated heterocycles. The minimum atomic E-state index is 0.0609. The quantitative estimate of drug-likeness (QED) is 0.758. The lowest BCUT2D eigenvalue weighted by Crippen LogP contribution is -2.33. The summed E-state index contributed by atoms with van der Waals surface area (Å²) in [6.07, 6.45) is 3.01. The Balaban J connectivity index is 2.18. The molecule has 0 radical (unpaired) electrons. The van der Waals surface area contributed by atoms with Crippen LogP contribution in [0, 0.1) is 0 Å². The lowest BCUT2D eigenvalue weighted by molar-refractivity contribution is -0.121. The summed E-state index contributed by atoms with van der Waals surface area (Å²) in [5, 5.41) is 13.5. The number of carbonyl (C=O) groups is 1. The Labute approximate surface area is 95.7 Å². The molecule has 1 unspecified atom stereocenters. The highest BCUT2D eigenvalue weighted by molar-refractivity contribution is 5.76. The van der Waals surface area contributed by atoms with Gasteiger partial charge >= 0.3 is 0 Å². The molecule has 0 aliphatic rings. The van der Waals surface area contributed by atoms with E-state index in [1.165, 1.54) is 0 Å². The average molecular weight is 222 g/mol. The molecule has 16 heavy (non-hydrogen) atoms. The third kappa shape index (κ3) is 4.72. The smallest absolute Gasteiger partial charge is 0.221 e. The van der Waals surface area contributed by atoms with E-state index in [9.17, 15) is 4.79 Å². The number of amides is 1. The highest BCUT2D eigenvalue weighted by atomic mass is 16.1. The summed E-state index contributed by atoms with van der Waals surface area (Å²) >= 11 is 0. The van der Waals surface area contributed by atoms with Crippen LogP contribution in [-0.2, 0) is 4.79 Å². The summed E-state index contributed by atoms with van der Waals surface area (Å²) in [5.74, 6) is 0.754. The molecule has 1 rings (SSSR count). The SMILES string of the molecule is CCC(C)NC(=O)CCNc1cccnn1. The van der Waals surface area contributed by atoms with E-state index in [1.807, 2.05) is 19.9 Å². The molecule has 0 saturated carbocycles. The number of rotatable bonds is 6. The Morgan fingerprint density at radius 2 is 2.38 bits per heavy atom. The maximum Gasteiger partial charge on any atom is 0.221 e. The molecule has 0 fully saturated rings. The first-order chi connectivity index (χ1) is 7.72. The van der Waals surface area contributed by atoms with Gasteiger partial charge in [-0.3, -0.25) is 4.79 Å². The van der Waals surface area contributed by atoms with Crippen LogP contribution in [0.1, 0.15) is 26.7 Å². The van der Waals surface area contributed by atoms with Gasteiger partial charge in [0.15, 0.2) is 0 Å². The van der Waals surface area contributed by atoms with Gasteiger partial charge in [-0.25, -0.2) is 0 Å². The summed E-state index contributed by atoms with van der Waals surface area (Å²) < 4.78 is 0. The van der Waals surface area contributed by atoms with E-state index in [1.54, 1.807) is 12.3 Å². The lowest BCUT2D eigenvalue weighted by atomic mass is 10.2. The van der Waals surface area contributed by atoms with E-state index in [0.717, 1.165) is 6.42 Å². The third-order valence-corrected chi connectivity index (χ3v) is 2.25. The second kappa shape index (κ2) is 6.76. The first-order valence-electron chi connectivity index (χ1n) is 5.53. The van der Waals surface area contributed by atoms with Gasteiger partial charge in [0.1, 0.15) is 5.82 Å². The monoisotopic (exact) mass is 222 g/mol. The molecule has 0 spiro atoms. The molecule has 5 heteroatoms. The minimum absolute atomic E-state index is 0.0609. The van der Waals surface area contributed by atoms with Crippen LogP contribution in [0.2, 0.25) is 0 Å². The van der Waals surface area contributed by atoms with E-state index in [0.29, 0.717) is 18.8 Å². The molecule has 0 aromatic carbocycles. The summed E-state index contributed by atoms with van der Waals surface area (Å²) in [6.45, 7) is 4.61. The zero-order valence-corrected chi connectivity index (χ0v) is 9.73. The average Bonchev–Trinajstić information content (AvgIpc) is 2.30. The Bertz CT molecular complexity index is 315. The van der Waals surface area contributed by atoms with Crippen LogP contribution in [0.15, 0.2) is 18.3 Å². The van der Waals surface area contributed by atoms with Gasteiger partial charge in [0, 0.05) is 25.2 Å². The topological polar surface area (TPSA) is 66.9 Å². The second-order valence-corrected chi connectivity index (χ2v) is 3.66. The molecular weight excluding hydrogens is 204 g/mol. The van der Waals surface area contributed by atoms with E-state index < -0.39 is 0 Å². The van der Waals surface area contributed by atoms with Crippen molar-refractivity contribution < 1.29 is 4.79 Å². The predicted molar refractivity (Wildman–Crippen MR) is 63.0 cm³/mol. The number of hydrogen-bond acceptors (Lipinski definition) is 4. The zero-order chi connectivity index (χ0) is 11.8. The predicted octanol–water partition coefficient (Wildman–Crippen LogP) is 1.19. The highest BCUT2D eigenvalue weighted by Gasteiger charge is 2.04. The van der Waals surface area contributed by atoms with Crippen LogP contribution in [0.3, 0.4) is 0 Å². The largest absolute Gasteiger partial charge is 0.368 e. The van der Waals surface area contributed by atoms with Crippen LogP contribution < -0.4 is 10.6 Å². The molecule has 88 valence electrons. The van der Waals surface area contributed by atoms with Crippen LogP contribution in [0.5, 0.6) is 0 Å². The van der Waals surface area contributed by atoms with Crippen molar-refractivity contribution in [2.75, 3.05) is 11.9 Å². The number of nitrogens with one attached hydrogen (secondary N) is 2. The molecule has 2 N–H and O–H groups in total. The summed E-state index contributed by atoms with van der Waals surface area (Å²) in [6, 6.07) is 3.86. The summed E-state index contributed by atoms with van der Waals surface area (Å²) in [7, 11) is 0. The maximum atomic E-state index is 11.4. The van der Waals surface area contributed by atoms with Crippen molar-refractivity contribution in [2.24, 2.45) is 0 Å². The summed E-state index contributed by atoms with van der Waals surface area (Å²) in [4.78, 5) is 11.4. The molecule has 0 aliphatic carbocycles. The third-order valence-electron chi connectivity index (χ3n) is 2.25. The van der Waals surface area contributed by atoms with Gasteiger partial charge in [-0.05, 0) is 25.5 Å². The molecule has 1 heterocycles. The maximum absolute atomic E-state index is 11.4. The van der Waals surface area contributed by atoms with Crippen molar-refractivity contribution in [3.05, 3.63) is 18.3 Å². The van der Waals surface area contributed by atoms with Crippen molar-refractivity contribution in [1.82, 2.24) is 15.5 Å². The summed E-state index contributed by atoms with van der Waals surface area (Å²) in [5.41, 5.74) is 0. The molecule has 1 aromatic rings. The number of aromatic nitrogens is 2. The van der Waals surface area contributed by atoms with E-state index >= 15 is 0 Å². The van der Waals surface area contributed by atoms with Gasteiger partial charge in [0.2, 0.25) is 5.91 Å². The molecule has 1 amide bonds. The Morgan fingerprint density at radius 3 is 3.00 bits per heavy atom. The molecule has 5 nitrogen and oxygen atoms in total. The number of anilines is 1. The fourth-order valence-corrected chi connectivity index (χ4v) is 1.15. The van der Waals surface area contributed by atoms with Crippen LogP contribution in [0.25, 0.3) is 0 Å². The first-order valence-corrected chi connectivity index (χ1v) is 5.53. The molecule has 1 aromatic heterocycles. The molecule has 0 bridgehead atoms. The Hall–Kier alpha value is -1.65. The minimum Gasteiger partial charge on any atom is -0.368 e. The molecule has 1 atom stereocenters. The molecule has 0 aliphatic heterocycles. The normalized spacial score (nSPS) is 11.9. The Kier molecular flexibility index (Phi) is 5.25. The van der Waals surface area contributed by atoms with Gasteiger partial charge in [-0.2, -0.15) is 5.10 Å². The van der Waals surface area contributed by atoms with E-state index in [-0.39, 0.29) is 11.9 Å². The van der Waals surface area contributed by atoms with Gasteiger partial charge in [-0.15, -0.1) is 5.10 Å². The van der Waals surface area contributed by atoms with Crippen molar-refractivity contribution in [3.63, 3.8) is 0 Å². The van der Waals surface area contributed by atoms with Gasteiger partial charge in [0.05, 0.1) is 0 Å². The number of carbonyl (C=O) groups excluding carboxylic acids is 1. The van der Waals surface area contributed by atoms with Gasteiger partial charge in [0.25, 0.3) is 0 Å². The van der Waals surface area contributed by atoms with Crippen molar-refractivity contribution in [1.29, 1.82) is 0 Å². The van der Waals surface area contributed by atoms with E-state index in [2.05, 4.69) is 20.8 Å². The second-order valence-electron chi connectivity index (χ2n) is 3.66. The highest BCUT2D eigenvalue weighted by Crippen LogP contribution is 1.97. The van der Waals surface area contributed by atoms with Crippen molar-refractivity contribution in [2.45, 2.75) is 32.7 Å². The Morgan fingerprint density at radius 1 is 1.56 bits per heavy atom. The van der Waals surface area contributed by atoms with E-state index in [4.69, 9.17) is 0 Å². The first kappa shape index (κ1) is 12.4. The van der Waals surface area contributed by atoms with Crippen molar-refractivity contribution in [3.8, 4) is 0 Å². The van der Waals surface area contributed by atoms with Crippen LogP contribution >= 0.6 is 0 Å².